The van der Waals surface area contributed by atoms with Gasteiger partial charge in [0.15, 0.2) is 23.1 Å². The molecule has 188 valence electrons. The Morgan fingerprint density at radius 2 is 1.64 bits per heavy atom. The summed E-state index contributed by atoms with van der Waals surface area (Å²) in [5.41, 5.74) is 0.590. The molecular weight excluding hydrogens is 485 g/mol. The van der Waals surface area contributed by atoms with Crippen molar-refractivity contribution in [2.24, 2.45) is 0 Å². The van der Waals surface area contributed by atoms with E-state index >= 15 is 0 Å². The maximum atomic E-state index is 14.5. The molecule has 1 amide bonds. The van der Waals surface area contributed by atoms with Crippen molar-refractivity contribution in [2.75, 3.05) is 11.7 Å². The lowest BCUT2D eigenvalue weighted by atomic mass is 9.93. The zero-order valence-corrected chi connectivity index (χ0v) is 18.9. The molecule has 1 aromatic heterocycles. The van der Waals surface area contributed by atoms with E-state index in [1.165, 1.54) is 11.2 Å². The fourth-order valence-electron chi connectivity index (χ4n) is 4.90. The summed E-state index contributed by atoms with van der Waals surface area (Å²) in [5, 5.41) is 11.8. The zero-order valence-electron chi connectivity index (χ0n) is 18.9. The van der Waals surface area contributed by atoms with Crippen LogP contribution < -0.4 is 10.4 Å². The van der Waals surface area contributed by atoms with Gasteiger partial charge in [0.1, 0.15) is 12.7 Å². The van der Waals surface area contributed by atoms with Crippen molar-refractivity contribution in [1.29, 1.82) is 0 Å². The van der Waals surface area contributed by atoms with Crippen LogP contribution in [0.3, 0.4) is 0 Å². The molecule has 2 heterocycles. The number of benzene rings is 2. The highest BCUT2D eigenvalue weighted by molar-refractivity contribution is 5.96. The average molecular weight is 505 g/mol. The van der Waals surface area contributed by atoms with Gasteiger partial charge in [0, 0.05) is 12.3 Å². The molecule has 0 radical (unpaired) electrons. The van der Waals surface area contributed by atoms with Gasteiger partial charge >= 0.3 is 6.18 Å². The van der Waals surface area contributed by atoms with Gasteiger partial charge in [-0.1, -0.05) is 24.3 Å². The number of pyridine rings is 1. The predicted molar refractivity (Wildman–Crippen MR) is 119 cm³/mol. The van der Waals surface area contributed by atoms with Gasteiger partial charge in [-0.2, -0.15) is 13.2 Å². The highest BCUT2D eigenvalue weighted by Gasteiger charge is 2.47. The number of carbonyl (C=O) groups excluding carboxylic acids is 1. The molecule has 1 aliphatic carbocycles. The number of aromatic hydroxyl groups is 1. The Labute approximate surface area is 201 Å². The molecule has 1 unspecified atom stereocenters. The lowest BCUT2D eigenvalue weighted by Crippen LogP contribution is -2.60. The average Bonchev–Trinajstić information content (AvgIpc) is 2.98. The van der Waals surface area contributed by atoms with Crippen LogP contribution in [0, 0.1) is 11.6 Å². The summed E-state index contributed by atoms with van der Waals surface area (Å²) >= 11 is 0. The van der Waals surface area contributed by atoms with Gasteiger partial charge in [-0.15, -0.1) is 0 Å². The minimum atomic E-state index is -4.80. The smallest absolute Gasteiger partial charge is 0.408 e. The second-order valence-electron chi connectivity index (χ2n) is 8.86. The molecule has 1 aliphatic heterocycles. The van der Waals surface area contributed by atoms with Crippen LogP contribution >= 0.6 is 0 Å². The topological polar surface area (TPSA) is 65.8 Å². The maximum Gasteiger partial charge on any atom is 0.408 e. The van der Waals surface area contributed by atoms with Crippen LogP contribution in [-0.4, -0.2) is 39.5 Å². The van der Waals surface area contributed by atoms with Crippen LogP contribution in [0.4, 0.5) is 22.0 Å². The second-order valence-corrected chi connectivity index (χ2v) is 8.86. The van der Waals surface area contributed by atoms with Crippen molar-refractivity contribution in [2.45, 2.75) is 38.0 Å². The highest BCUT2D eigenvalue weighted by atomic mass is 19.4. The minimum Gasteiger partial charge on any atom is -0.502 e. The molecule has 0 saturated carbocycles. The molecule has 1 N–H and O–H groups in total. The standard InChI is InChI=1S/C25H20F5N3O3/c1-13(25(28,29)30)31-12-33(32-9-8-20(34)23(35)22(32)24(31)36)21-16-5-3-2-4-14(16)6-7-15-10-18(26)19(27)11-17(15)21/h2-5,8-11,13,21,35H,6-7,12H2,1H3/t13-,21?/m1/s1. The first-order chi connectivity index (χ1) is 17.0. The first-order valence-electron chi connectivity index (χ1n) is 11.1. The second kappa shape index (κ2) is 8.35. The van der Waals surface area contributed by atoms with E-state index < -0.39 is 59.3 Å². The Hall–Kier alpha value is -3.89. The highest BCUT2D eigenvalue weighted by Crippen LogP contribution is 2.40. The number of aromatic nitrogens is 1. The third-order valence-corrected chi connectivity index (χ3v) is 6.82. The predicted octanol–water partition coefficient (Wildman–Crippen LogP) is 4.02. The van der Waals surface area contributed by atoms with Crippen LogP contribution in [0.15, 0.2) is 53.5 Å². The first-order valence-corrected chi connectivity index (χ1v) is 11.1. The largest absolute Gasteiger partial charge is 0.502 e. The normalized spacial score (nSPS) is 18.3. The van der Waals surface area contributed by atoms with E-state index in [1.54, 1.807) is 18.2 Å². The van der Waals surface area contributed by atoms with Crippen LogP contribution in [0.25, 0.3) is 0 Å². The van der Waals surface area contributed by atoms with Crippen LogP contribution in [0.1, 0.15) is 45.7 Å². The third-order valence-electron chi connectivity index (χ3n) is 6.82. The number of rotatable bonds is 2. The number of amides is 1. The fourth-order valence-corrected chi connectivity index (χ4v) is 4.90. The number of halogens is 5. The summed E-state index contributed by atoms with van der Waals surface area (Å²) in [6.45, 7) is 0.195. The molecule has 11 heteroatoms. The fraction of sp³-hybridized carbons (Fsp3) is 0.280. The summed E-state index contributed by atoms with van der Waals surface area (Å²) in [5.74, 6) is -4.37. The summed E-state index contributed by atoms with van der Waals surface area (Å²) in [6, 6.07) is 6.87. The Balaban J connectivity index is 1.80. The lowest BCUT2D eigenvalue weighted by molar-refractivity contribution is -0.173. The van der Waals surface area contributed by atoms with Crippen molar-refractivity contribution in [1.82, 2.24) is 9.58 Å². The molecule has 6 nitrogen and oxygen atoms in total. The number of alkyl halides is 3. The molecule has 2 aromatic carbocycles. The number of hydrogen-bond donors (Lipinski definition) is 1. The lowest BCUT2D eigenvalue weighted by Gasteiger charge is -2.46. The van der Waals surface area contributed by atoms with Crippen molar-refractivity contribution >= 4 is 5.91 Å². The van der Waals surface area contributed by atoms with E-state index in [0.717, 1.165) is 35.4 Å². The van der Waals surface area contributed by atoms with Crippen LogP contribution in [0.2, 0.25) is 0 Å². The summed E-state index contributed by atoms with van der Waals surface area (Å²) in [4.78, 5) is 25.8. The van der Waals surface area contributed by atoms with Crippen molar-refractivity contribution in [3.63, 3.8) is 0 Å². The van der Waals surface area contributed by atoms with E-state index in [2.05, 4.69) is 0 Å². The van der Waals surface area contributed by atoms with Crippen molar-refractivity contribution < 1.29 is 31.9 Å². The third kappa shape index (κ3) is 3.69. The molecule has 3 aromatic rings. The van der Waals surface area contributed by atoms with Gasteiger partial charge in [0.2, 0.25) is 5.43 Å². The minimum absolute atomic E-state index is 0.303. The van der Waals surface area contributed by atoms with Gasteiger partial charge in [-0.25, -0.2) is 8.78 Å². The van der Waals surface area contributed by atoms with Gasteiger partial charge < -0.3 is 10.0 Å². The number of fused-ring (bicyclic) bond motifs is 3. The summed E-state index contributed by atoms with van der Waals surface area (Å²) < 4.78 is 71.0. The Morgan fingerprint density at radius 3 is 2.36 bits per heavy atom. The zero-order chi connectivity index (χ0) is 25.9. The molecule has 0 saturated heterocycles. The molecule has 0 bridgehead atoms. The van der Waals surface area contributed by atoms with Crippen LogP contribution in [0.5, 0.6) is 5.75 Å². The quantitative estimate of drug-likeness (QED) is 0.535. The molecule has 0 spiro atoms. The Kier molecular flexibility index (Phi) is 5.53. The molecule has 36 heavy (non-hydrogen) atoms. The molecular formula is C25H20F5N3O3. The summed E-state index contributed by atoms with van der Waals surface area (Å²) in [7, 11) is 0. The van der Waals surface area contributed by atoms with Gasteiger partial charge in [0.05, 0.1) is 6.04 Å². The van der Waals surface area contributed by atoms with E-state index in [-0.39, 0.29) is 0 Å². The van der Waals surface area contributed by atoms with E-state index in [9.17, 15) is 36.6 Å². The molecule has 0 fully saturated rings. The molecule has 2 aliphatic rings. The summed E-state index contributed by atoms with van der Waals surface area (Å²) in [6.07, 6.45) is -2.82. The number of aryl methyl sites for hydroxylation is 2. The van der Waals surface area contributed by atoms with Crippen molar-refractivity contribution in [3.8, 4) is 5.75 Å². The number of carbonyl (C=O) groups is 1. The van der Waals surface area contributed by atoms with Crippen LogP contribution in [-0.2, 0) is 12.8 Å². The molecule has 2 atom stereocenters. The van der Waals surface area contributed by atoms with Gasteiger partial charge in [0.25, 0.3) is 5.91 Å². The van der Waals surface area contributed by atoms with E-state index in [4.69, 9.17) is 0 Å². The van der Waals surface area contributed by atoms with E-state index in [1.807, 2.05) is 6.07 Å². The van der Waals surface area contributed by atoms with Gasteiger partial charge in [-0.05, 0) is 54.2 Å². The Morgan fingerprint density at radius 1 is 0.972 bits per heavy atom. The van der Waals surface area contributed by atoms with E-state index in [0.29, 0.717) is 34.4 Å². The monoisotopic (exact) mass is 505 g/mol. The van der Waals surface area contributed by atoms with Crippen molar-refractivity contribution in [3.05, 3.63) is 98.5 Å². The van der Waals surface area contributed by atoms with Gasteiger partial charge in [-0.3, -0.25) is 19.3 Å². The molecule has 5 rings (SSSR count). The first kappa shape index (κ1) is 23.8. The number of nitrogens with zero attached hydrogens (tertiary/aromatic N) is 3. The maximum absolute atomic E-state index is 14.5. The Bertz CT molecular complexity index is 1440. The SMILES string of the molecule is C[C@@H](N1CN(C2c3ccccc3CCc3cc(F)c(F)cc32)n2ccc(=O)c(O)c2C1=O)C(F)(F)F. The number of hydrogen-bond acceptors (Lipinski definition) is 4.